The molecule has 0 spiro atoms. The van der Waals surface area contributed by atoms with Crippen LogP contribution in [0, 0.1) is 5.92 Å². The largest absolute Gasteiger partial charge is 0.333 e. The van der Waals surface area contributed by atoms with Gasteiger partial charge in [-0.2, -0.15) is 0 Å². The number of unbranched alkanes of at least 4 members (excludes halogenated alkanes) is 7. The zero-order valence-electron chi connectivity index (χ0n) is 12.9. The van der Waals surface area contributed by atoms with E-state index in [0.29, 0.717) is 5.92 Å². The number of hydrogen-bond donors (Lipinski definition) is 0. The van der Waals surface area contributed by atoms with Gasteiger partial charge in [0.25, 0.3) is 0 Å². The maximum Gasteiger partial charge on any atom is 0.333 e. The minimum Gasteiger partial charge on any atom is -0.312 e. The Morgan fingerprint density at radius 3 is 2.00 bits per heavy atom. The second-order valence-electron chi connectivity index (χ2n) is 5.73. The van der Waals surface area contributed by atoms with Crippen molar-refractivity contribution in [2.24, 2.45) is 5.92 Å². The SMILES string of the molecule is CCCCCCCCCCC1CC1P(=O)(OC)OC. The predicted molar refractivity (Wildman–Crippen MR) is 80.7 cm³/mol. The minimum absolute atomic E-state index is 0.173. The van der Waals surface area contributed by atoms with E-state index in [9.17, 15) is 4.57 Å². The first-order valence-corrected chi connectivity index (χ1v) is 9.50. The van der Waals surface area contributed by atoms with Crippen molar-refractivity contribution in [3.8, 4) is 0 Å². The van der Waals surface area contributed by atoms with Gasteiger partial charge in [0, 0.05) is 14.2 Å². The summed E-state index contributed by atoms with van der Waals surface area (Å²) in [6, 6.07) is 0. The van der Waals surface area contributed by atoms with Crippen LogP contribution in [0.25, 0.3) is 0 Å². The third-order valence-electron chi connectivity index (χ3n) is 4.23. The Kier molecular flexibility index (Phi) is 8.29. The lowest BCUT2D eigenvalue weighted by molar-refractivity contribution is 0.272. The summed E-state index contributed by atoms with van der Waals surface area (Å²) in [6.45, 7) is 2.25. The van der Waals surface area contributed by atoms with E-state index in [-0.39, 0.29) is 5.66 Å². The molecular weight excluding hydrogens is 259 g/mol. The summed E-state index contributed by atoms with van der Waals surface area (Å²) in [4.78, 5) is 0. The second kappa shape index (κ2) is 9.15. The lowest BCUT2D eigenvalue weighted by Crippen LogP contribution is -1.97. The van der Waals surface area contributed by atoms with Crippen molar-refractivity contribution < 1.29 is 13.6 Å². The molecule has 1 saturated carbocycles. The molecule has 0 aromatic carbocycles. The molecule has 3 nitrogen and oxygen atoms in total. The highest BCUT2D eigenvalue weighted by Gasteiger charge is 2.51. The zero-order valence-corrected chi connectivity index (χ0v) is 13.8. The van der Waals surface area contributed by atoms with Crippen molar-refractivity contribution >= 4 is 7.60 Å². The molecule has 0 radical (unpaired) electrons. The molecule has 19 heavy (non-hydrogen) atoms. The van der Waals surface area contributed by atoms with Crippen LogP contribution in [0.5, 0.6) is 0 Å². The van der Waals surface area contributed by atoms with E-state index in [4.69, 9.17) is 9.05 Å². The van der Waals surface area contributed by atoms with E-state index < -0.39 is 7.60 Å². The van der Waals surface area contributed by atoms with Crippen LogP contribution < -0.4 is 0 Å². The molecule has 0 saturated heterocycles. The van der Waals surface area contributed by atoms with Gasteiger partial charge in [-0.05, 0) is 18.8 Å². The van der Waals surface area contributed by atoms with Crippen LogP contribution >= 0.6 is 7.60 Å². The van der Waals surface area contributed by atoms with Crippen LogP contribution in [-0.2, 0) is 13.6 Å². The summed E-state index contributed by atoms with van der Waals surface area (Å²) in [5.41, 5.74) is 0.173. The first-order valence-electron chi connectivity index (χ1n) is 7.89. The van der Waals surface area contributed by atoms with Gasteiger partial charge in [0.15, 0.2) is 0 Å². The van der Waals surface area contributed by atoms with E-state index in [0.717, 1.165) is 6.42 Å². The second-order valence-corrected chi connectivity index (χ2v) is 8.20. The minimum atomic E-state index is -2.77. The molecule has 1 rings (SSSR count). The normalized spacial score (nSPS) is 22.7. The summed E-state index contributed by atoms with van der Waals surface area (Å²) in [6.07, 6.45) is 13.0. The Balaban J connectivity index is 1.96. The van der Waals surface area contributed by atoms with Crippen molar-refractivity contribution in [1.29, 1.82) is 0 Å². The van der Waals surface area contributed by atoms with Gasteiger partial charge < -0.3 is 9.05 Å². The fourth-order valence-electron chi connectivity index (χ4n) is 2.81. The molecule has 1 aliphatic carbocycles. The Bertz CT molecular complexity index is 273. The molecule has 1 fully saturated rings. The average molecular weight is 290 g/mol. The third kappa shape index (κ3) is 5.97. The molecule has 0 heterocycles. The standard InChI is InChI=1S/C15H31O3P/c1-4-5-6-7-8-9-10-11-12-14-13-15(14)19(16,17-2)18-3/h14-15H,4-13H2,1-3H3. The molecule has 114 valence electrons. The molecule has 0 aromatic rings. The Morgan fingerprint density at radius 2 is 1.47 bits per heavy atom. The highest BCUT2D eigenvalue weighted by molar-refractivity contribution is 7.55. The molecule has 0 aliphatic heterocycles. The van der Waals surface area contributed by atoms with E-state index >= 15 is 0 Å². The Hall–Kier alpha value is 0.150. The lowest BCUT2D eigenvalue weighted by Gasteiger charge is -2.13. The molecule has 2 unspecified atom stereocenters. The van der Waals surface area contributed by atoms with Crippen molar-refractivity contribution in [3.63, 3.8) is 0 Å². The highest BCUT2D eigenvalue weighted by Crippen LogP contribution is 2.65. The summed E-state index contributed by atoms with van der Waals surface area (Å²) in [5.74, 6) is 0.575. The van der Waals surface area contributed by atoms with Gasteiger partial charge in [0.1, 0.15) is 0 Å². The third-order valence-corrected chi connectivity index (χ3v) is 6.69. The molecule has 4 heteroatoms. The van der Waals surface area contributed by atoms with Crippen molar-refractivity contribution in [2.45, 2.75) is 76.8 Å². The highest BCUT2D eigenvalue weighted by atomic mass is 31.2. The molecule has 1 aliphatic rings. The molecule has 0 aromatic heterocycles. The van der Waals surface area contributed by atoms with Gasteiger partial charge in [-0.3, -0.25) is 4.57 Å². The first kappa shape index (κ1) is 17.2. The summed E-state index contributed by atoms with van der Waals surface area (Å²) >= 11 is 0. The van der Waals surface area contributed by atoms with Crippen molar-refractivity contribution in [2.75, 3.05) is 14.2 Å². The van der Waals surface area contributed by atoms with E-state index in [1.54, 1.807) is 0 Å². The Labute approximate surface area is 119 Å². The topological polar surface area (TPSA) is 35.5 Å². The van der Waals surface area contributed by atoms with Crippen LogP contribution in [0.4, 0.5) is 0 Å². The predicted octanol–water partition coefficient (Wildman–Crippen LogP) is 5.39. The summed E-state index contributed by atoms with van der Waals surface area (Å²) in [5, 5.41) is 0. The fourth-order valence-corrected chi connectivity index (χ4v) is 4.70. The van der Waals surface area contributed by atoms with E-state index in [1.807, 2.05) is 0 Å². The quantitative estimate of drug-likeness (QED) is 0.357. The molecule has 0 amide bonds. The maximum absolute atomic E-state index is 12.1. The van der Waals surface area contributed by atoms with Gasteiger partial charge in [-0.1, -0.05) is 58.3 Å². The average Bonchev–Trinajstić information content (AvgIpc) is 3.21. The molecule has 2 atom stereocenters. The van der Waals surface area contributed by atoms with Crippen molar-refractivity contribution in [3.05, 3.63) is 0 Å². The maximum atomic E-state index is 12.1. The first-order chi connectivity index (χ1) is 9.18. The van der Waals surface area contributed by atoms with Crippen molar-refractivity contribution in [1.82, 2.24) is 0 Å². The van der Waals surface area contributed by atoms with Crippen LogP contribution in [0.3, 0.4) is 0 Å². The van der Waals surface area contributed by atoms with E-state index in [1.165, 1.54) is 72.0 Å². The van der Waals surface area contributed by atoms with Gasteiger partial charge in [-0.25, -0.2) is 0 Å². The smallest absolute Gasteiger partial charge is 0.312 e. The van der Waals surface area contributed by atoms with Crippen LogP contribution in [-0.4, -0.2) is 19.9 Å². The fraction of sp³-hybridized carbons (Fsp3) is 1.00. The van der Waals surface area contributed by atoms with Crippen LogP contribution in [0.2, 0.25) is 0 Å². The monoisotopic (exact) mass is 290 g/mol. The van der Waals surface area contributed by atoms with Gasteiger partial charge in [0.05, 0.1) is 5.66 Å². The molecule has 0 bridgehead atoms. The molecular formula is C15H31O3P. The van der Waals surface area contributed by atoms with E-state index in [2.05, 4.69) is 6.92 Å². The summed E-state index contributed by atoms with van der Waals surface area (Å²) in [7, 11) is 0.220. The Morgan fingerprint density at radius 1 is 0.947 bits per heavy atom. The van der Waals surface area contributed by atoms with Gasteiger partial charge in [0.2, 0.25) is 0 Å². The lowest BCUT2D eigenvalue weighted by atomic mass is 10.1. The van der Waals surface area contributed by atoms with Gasteiger partial charge >= 0.3 is 7.60 Å². The van der Waals surface area contributed by atoms with Crippen LogP contribution in [0.1, 0.15) is 71.1 Å². The number of rotatable bonds is 12. The molecule has 0 N–H and O–H groups in total. The summed E-state index contributed by atoms with van der Waals surface area (Å²) < 4.78 is 22.2. The van der Waals surface area contributed by atoms with Gasteiger partial charge in [-0.15, -0.1) is 0 Å². The van der Waals surface area contributed by atoms with Crippen LogP contribution in [0.15, 0.2) is 0 Å². The number of hydrogen-bond acceptors (Lipinski definition) is 3. The zero-order chi connectivity index (χ0) is 14.1.